The van der Waals surface area contributed by atoms with Crippen molar-refractivity contribution in [3.63, 3.8) is 0 Å². The Kier molecular flexibility index (Phi) is 6.36. The average molecular weight is 470 g/mol. The number of nitrogens with zero attached hydrogens (tertiary/aromatic N) is 2. The Morgan fingerprint density at radius 2 is 1.61 bits per heavy atom. The normalized spacial score (nSPS) is 14.1. The second-order valence-corrected chi connectivity index (χ2v) is 9.08. The minimum atomic E-state index is -3.94. The molecule has 4 rings (SSSR count). The second-order valence-electron chi connectivity index (χ2n) is 7.40. The molecule has 1 N–H and O–H groups in total. The molecule has 3 aromatic rings. The molecule has 0 spiro atoms. The molecular weight excluding hydrogens is 446 g/mol. The van der Waals surface area contributed by atoms with Crippen molar-refractivity contribution < 1.29 is 27.2 Å². The number of hydrogen-bond acceptors (Lipinski definition) is 6. The predicted octanol–water partition coefficient (Wildman–Crippen LogP) is 2.69. The van der Waals surface area contributed by atoms with Gasteiger partial charge in [-0.05, 0) is 42.5 Å². The van der Waals surface area contributed by atoms with Gasteiger partial charge in [-0.15, -0.1) is 0 Å². The molecule has 0 radical (unpaired) electrons. The zero-order chi connectivity index (χ0) is 23.4. The first-order chi connectivity index (χ1) is 15.9. The van der Waals surface area contributed by atoms with Crippen molar-refractivity contribution in [1.29, 1.82) is 0 Å². The highest BCUT2D eigenvalue weighted by Gasteiger charge is 2.27. The fourth-order valence-corrected chi connectivity index (χ4v) is 4.70. The van der Waals surface area contributed by atoms with E-state index in [1.165, 1.54) is 31.6 Å². The molecular formula is C23H23N3O6S. The molecule has 2 amide bonds. The lowest BCUT2D eigenvalue weighted by molar-refractivity contribution is 0.0518. The quantitative estimate of drug-likeness (QED) is 0.595. The molecule has 10 heteroatoms. The van der Waals surface area contributed by atoms with Crippen molar-refractivity contribution in [2.24, 2.45) is 0 Å². The number of anilines is 1. The van der Waals surface area contributed by atoms with E-state index in [1.54, 1.807) is 52.3 Å². The minimum Gasteiger partial charge on any atom is -0.495 e. The number of methoxy groups -OCH3 is 1. The number of para-hydroxylation sites is 2. The molecule has 1 aliphatic rings. The Balaban J connectivity index is 1.45. The first kappa shape index (κ1) is 22.4. The van der Waals surface area contributed by atoms with Crippen LogP contribution in [-0.2, 0) is 10.0 Å². The van der Waals surface area contributed by atoms with Gasteiger partial charge in [0.2, 0.25) is 0 Å². The number of rotatable bonds is 6. The van der Waals surface area contributed by atoms with E-state index in [2.05, 4.69) is 4.72 Å². The summed E-state index contributed by atoms with van der Waals surface area (Å²) in [6, 6.07) is 15.8. The van der Waals surface area contributed by atoms with Gasteiger partial charge in [0.05, 0.1) is 24.0 Å². The van der Waals surface area contributed by atoms with Crippen LogP contribution in [0, 0.1) is 0 Å². The molecule has 2 aromatic carbocycles. The van der Waals surface area contributed by atoms with E-state index in [9.17, 15) is 18.0 Å². The fraction of sp³-hybridized carbons (Fsp3) is 0.217. The van der Waals surface area contributed by atoms with E-state index in [-0.39, 0.29) is 28.0 Å². The number of benzene rings is 2. The topological polar surface area (TPSA) is 109 Å². The van der Waals surface area contributed by atoms with Gasteiger partial charge < -0.3 is 19.0 Å². The molecule has 1 aliphatic heterocycles. The molecule has 1 fully saturated rings. The Morgan fingerprint density at radius 3 is 2.27 bits per heavy atom. The van der Waals surface area contributed by atoms with Gasteiger partial charge in [0.15, 0.2) is 5.76 Å². The lowest BCUT2D eigenvalue weighted by atomic mass is 10.2. The van der Waals surface area contributed by atoms with Crippen molar-refractivity contribution in [2.75, 3.05) is 38.0 Å². The van der Waals surface area contributed by atoms with E-state index in [4.69, 9.17) is 9.15 Å². The fourth-order valence-electron chi connectivity index (χ4n) is 3.58. The van der Waals surface area contributed by atoms with Gasteiger partial charge in [-0.25, -0.2) is 8.42 Å². The first-order valence-corrected chi connectivity index (χ1v) is 11.8. The lowest BCUT2D eigenvalue weighted by Crippen LogP contribution is -2.50. The summed E-state index contributed by atoms with van der Waals surface area (Å²) in [6.07, 6.45) is 1.44. The summed E-state index contributed by atoms with van der Waals surface area (Å²) in [5, 5.41) is 0. The van der Waals surface area contributed by atoms with Gasteiger partial charge in [-0.1, -0.05) is 18.2 Å². The van der Waals surface area contributed by atoms with Crippen molar-refractivity contribution in [2.45, 2.75) is 4.90 Å². The van der Waals surface area contributed by atoms with E-state index < -0.39 is 10.0 Å². The van der Waals surface area contributed by atoms with Crippen LogP contribution in [0.15, 0.2) is 76.2 Å². The Bertz CT molecular complexity index is 1250. The zero-order valence-electron chi connectivity index (χ0n) is 17.9. The second kappa shape index (κ2) is 9.37. The van der Waals surface area contributed by atoms with E-state index in [1.807, 2.05) is 0 Å². The van der Waals surface area contributed by atoms with E-state index in [0.29, 0.717) is 37.6 Å². The van der Waals surface area contributed by atoms with Crippen molar-refractivity contribution in [1.82, 2.24) is 9.80 Å². The van der Waals surface area contributed by atoms with Crippen LogP contribution in [0.5, 0.6) is 5.75 Å². The molecule has 172 valence electrons. The van der Waals surface area contributed by atoms with Crippen LogP contribution in [0.25, 0.3) is 0 Å². The largest absolute Gasteiger partial charge is 0.495 e. The minimum absolute atomic E-state index is 0.0362. The third-order valence-corrected chi connectivity index (χ3v) is 6.69. The van der Waals surface area contributed by atoms with Crippen LogP contribution in [0.4, 0.5) is 5.69 Å². The Labute approximate surface area is 191 Å². The summed E-state index contributed by atoms with van der Waals surface area (Å²) in [7, 11) is -2.49. The molecule has 0 atom stereocenters. The van der Waals surface area contributed by atoms with Gasteiger partial charge >= 0.3 is 0 Å². The van der Waals surface area contributed by atoms with E-state index >= 15 is 0 Å². The van der Waals surface area contributed by atoms with Gasteiger partial charge in [-0.3, -0.25) is 14.3 Å². The summed E-state index contributed by atoms with van der Waals surface area (Å²) < 4.78 is 38.7. The number of nitrogens with one attached hydrogen (secondary N) is 1. The number of carbonyl (C=O) groups excluding carboxylic acids is 2. The standard InChI is InChI=1S/C23H23N3O6S/c1-31-20-9-3-2-8-19(20)24-33(29,30)18-7-4-6-17(16-18)22(27)25-11-13-26(14-12-25)23(28)21-10-5-15-32-21/h2-10,15-16,24H,11-14H2,1H3. The number of hydrogen-bond donors (Lipinski definition) is 1. The SMILES string of the molecule is COc1ccccc1NS(=O)(=O)c1cccc(C(=O)N2CCN(C(=O)c3ccco3)CC2)c1. The van der Waals surface area contributed by atoms with Gasteiger partial charge in [0.25, 0.3) is 21.8 Å². The maximum Gasteiger partial charge on any atom is 0.289 e. The monoisotopic (exact) mass is 469 g/mol. The summed E-state index contributed by atoms with van der Waals surface area (Å²) >= 11 is 0. The third kappa shape index (κ3) is 4.85. The Hall–Kier alpha value is -3.79. The molecule has 0 bridgehead atoms. The van der Waals surface area contributed by atoms with Crippen LogP contribution in [0.1, 0.15) is 20.9 Å². The average Bonchev–Trinajstić information content (AvgIpc) is 3.38. The molecule has 0 unspecified atom stereocenters. The van der Waals surface area contributed by atoms with Crippen LogP contribution in [-0.4, -0.2) is 63.3 Å². The van der Waals surface area contributed by atoms with Crippen molar-refractivity contribution >= 4 is 27.5 Å². The summed E-state index contributed by atoms with van der Waals surface area (Å²) in [6.45, 7) is 1.39. The number of sulfonamides is 1. The summed E-state index contributed by atoms with van der Waals surface area (Å²) in [5.41, 5.74) is 0.554. The summed E-state index contributed by atoms with van der Waals surface area (Å²) in [5.74, 6) is 0.127. The van der Waals surface area contributed by atoms with Gasteiger partial charge in [0, 0.05) is 31.7 Å². The highest BCUT2D eigenvalue weighted by Crippen LogP contribution is 2.26. The maximum absolute atomic E-state index is 13.0. The highest BCUT2D eigenvalue weighted by molar-refractivity contribution is 7.92. The molecule has 1 saturated heterocycles. The van der Waals surface area contributed by atoms with Crippen LogP contribution < -0.4 is 9.46 Å². The maximum atomic E-state index is 13.0. The smallest absolute Gasteiger partial charge is 0.289 e. The molecule has 9 nitrogen and oxygen atoms in total. The molecule has 0 aliphatic carbocycles. The number of carbonyl (C=O) groups is 2. The van der Waals surface area contributed by atoms with Crippen molar-refractivity contribution in [3.8, 4) is 5.75 Å². The molecule has 0 saturated carbocycles. The summed E-state index contributed by atoms with van der Waals surface area (Å²) in [4.78, 5) is 28.6. The van der Waals surface area contributed by atoms with Gasteiger partial charge in [-0.2, -0.15) is 0 Å². The number of piperazine rings is 1. The molecule has 33 heavy (non-hydrogen) atoms. The lowest BCUT2D eigenvalue weighted by Gasteiger charge is -2.34. The van der Waals surface area contributed by atoms with E-state index in [0.717, 1.165) is 0 Å². The Morgan fingerprint density at radius 1 is 0.909 bits per heavy atom. The molecule has 1 aromatic heterocycles. The van der Waals surface area contributed by atoms with Crippen molar-refractivity contribution in [3.05, 3.63) is 78.3 Å². The number of ether oxygens (including phenoxy) is 1. The number of amides is 2. The highest BCUT2D eigenvalue weighted by atomic mass is 32.2. The van der Waals surface area contributed by atoms with Crippen LogP contribution >= 0.6 is 0 Å². The first-order valence-electron chi connectivity index (χ1n) is 10.3. The zero-order valence-corrected chi connectivity index (χ0v) is 18.7. The van der Waals surface area contributed by atoms with Gasteiger partial charge in [0.1, 0.15) is 5.75 Å². The van der Waals surface area contributed by atoms with Crippen LogP contribution in [0.2, 0.25) is 0 Å². The third-order valence-electron chi connectivity index (χ3n) is 5.33. The predicted molar refractivity (Wildman–Crippen MR) is 121 cm³/mol. The number of furan rings is 1. The van der Waals surface area contributed by atoms with Crippen LogP contribution in [0.3, 0.4) is 0 Å². The molecule has 2 heterocycles.